The molecule has 1 heterocycles. The molecule has 8 nitrogen and oxygen atoms in total. The summed E-state index contributed by atoms with van der Waals surface area (Å²) in [4.78, 5) is 28.4. The number of aromatic nitrogens is 1. The zero-order valence-electron chi connectivity index (χ0n) is 18.2. The average molecular weight is 497 g/mol. The van der Waals surface area contributed by atoms with Gasteiger partial charge in [-0.3, -0.25) is 5.32 Å². The van der Waals surface area contributed by atoms with Crippen molar-refractivity contribution in [3.63, 3.8) is 0 Å². The maximum Gasteiger partial charge on any atom is 0.573 e. The molecule has 12 heteroatoms. The molecule has 0 radical (unpaired) electrons. The molecular formula is C22H22F3N3O5S. The summed E-state index contributed by atoms with van der Waals surface area (Å²) in [5.41, 5.74) is 1.29. The van der Waals surface area contributed by atoms with E-state index in [1.54, 1.807) is 13.8 Å². The summed E-state index contributed by atoms with van der Waals surface area (Å²) < 4.78 is 52.0. The number of fused-ring (bicyclic) bond motifs is 1. The van der Waals surface area contributed by atoms with Crippen molar-refractivity contribution in [2.45, 2.75) is 32.9 Å². The van der Waals surface area contributed by atoms with Crippen LogP contribution in [0.15, 0.2) is 48.5 Å². The van der Waals surface area contributed by atoms with Crippen molar-refractivity contribution >= 4 is 38.9 Å². The lowest BCUT2D eigenvalue weighted by Gasteiger charge is -2.21. The Kier molecular flexibility index (Phi) is 8.16. The number of thiazole rings is 1. The third-order valence-electron chi connectivity index (χ3n) is 4.46. The van der Waals surface area contributed by atoms with Crippen molar-refractivity contribution in [1.29, 1.82) is 0 Å². The molecule has 3 rings (SSSR count). The highest BCUT2D eigenvalue weighted by Gasteiger charge is 2.31. The molecule has 0 aliphatic carbocycles. The van der Waals surface area contributed by atoms with Crippen molar-refractivity contribution in [2.24, 2.45) is 5.92 Å². The largest absolute Gasteiger partial charge is 0.573 e. The Hall–Kier alpha value is -3.54. The minimum Gasteiger partial charge on any atom is -0.446 e. The van der Waals surface area contributed by atoms with E-state index in [1.165, 1.54) is 12.1 Å². The highest BCUT2D eigenvalue weighted by Crippen LogP contribution is 2.31. The number of halogens is 3. The molecule has 0 saturated carbocycles. The van der Waals surface area contributed by atoms with Gasteiger partial charge < -0.3 is 19.5 Å². The average Bonchev–Trinajstić information content (AvgIpc) is 3.15. The predicted octanol–water partition coefficient (Wildman–Crippen LogP) is 5.69. The first-order valence-electron chi connectivity index (χ1n) is 10.2. The number of carbonyl (C=O) groups is 2. The number of hydrogen-bond donors (Lipinski definition) is 2. The Morgan fingerprint density at radius 3 is 2.50 bits per heavy atom. The molecule has 3 aromatic rings. The molecule has 2 amide bonds. The van der Waals surface area contributed by atoms with Gasteiger partial charge in [-0.05, 0) is 23.6 Å². The van der Waals surface area contributed by atoms with Crippen molar-refractivity contribution in [1.82, 2.24) is 10.3 Å². The van der Waals surface area contributed by atoms with E-state index in [0.29, 0.717) is 16.8 Å². The molecule has 34 heavy (non-hydrogen) atoms. The highest BCUT2D eigenvalue weighted by atomic mass is 32.1. The summed E-state index contributed by atoms with van der Waals surface area (Å²) in [5, 5.41) is 5.19. The molecule has 0 fully saturated rings. The summed E-state index contributed by atoms with van der Waals surface area (Å²) in [5.74, 6) is -0.551. The van der Waals surface area contributed by atoms with Crippen LogP contribution in [-0.4, -0.2) is 36.2 Å². The Balaban J connectivity index is 1.52. The fourth-order valence-corrected chi connectivity index (χ4v) is 3.63. The molecule has 2 N–H and O–H groups in total. The highest BCUT2D eigenvalue weighted by molar-refractivity contribution is 7.22. The van der Waals surface area contributed by atoms with E-state index in [1.807, 2.05) is 30.3 Å². The van der Waals surface area contributed by atoms with Crippen LogP contribution < -0.4 is 15.4 Å². The molecular weight excluding hydrogens is 475 g/mol. The fourth-order valence-electron chi connectivity index (χ4n) is 2.75. The van der Waals surface area contributed by atoms with E-state index in [-0.39, 0.29) is 23.4 Å². The summed E-state index contributed by atoms with van der Waals surface area (Å²) in [6.45, 7) is 3.72. The van der Waals surface area contributed by atoms with Crippen LogP contribution in [0.5, 0.6) is 5.75 Å². The second-order valence-electron chi connectivity index (χ2n) is 7.45. The van der Waals surface area contributed by atoms with Crippen LogP contribution in [-0.2, 0) is 16.0 Å². The molecule has 0 bridgehead atoms. The van der Waals surface area contributed by atoms with Crippen LogP contribution in [0.4, 0.5) is 27.9 Å². The van der Waals surface area contributed by atoms with E-state index >= 15 is 0 Å². The number of alkyl carbamates (subject to hydrolysis) is 1. The van der Waals surface area contributed by atoms with Gasteiger partial charge >= 0.3 is 18.5 Å². The van der Waals surface area contributed by atoms with Gasteiger partial charge in [0.15, 0.2) is 5.13 Å². The quantitative estimate of drug-likeness (QED) is 0.415. The molecule has 182 valence electrons. The van der Waals surface area contributed by atoms with Gasteiger partial charge in [0.05, 0.1) is 10.2 Å². The normalized spacial score (nSPS) is 12.3. The number of amides is 2. The number of alkyl halides is 3. The number of anilines is 1. The summed E-state index contributed by atoms with van der Waals surface area (Å²) in [6.07, 6.45) is -7.03. The van der Waals surface area contributed by atoms with Gasteiger partial charge in [-0.1, -0.05) is 55.5 Å². The van der Waals surface area contributed by atoms with Crippen molar-refractivity contribution in [2.75, 3.05) is 11.9 Å². The third kappa shape index (κ3) is 7.80. The number of nitrogens with zero attached hydrogens (tertiary/aromatic N) is 1. The van der Waals surface area contributed by atoms with Crippen LogP contribution in [0, 0.1) is 5.92 Å². The zero-order valence-corrected chi connectivity index (χ0v) is 19.0. The number of carbonyl (C=O) groups excluding carboxylic acids is 2. The second-order valence-corrected chi connectivity index (χ2v) is 8.48. The van der Waals surface area contributed by atoms with Crippen molar-refractivity contribution in [3.05, 3.63) is 54.1 Å². The molecule has 1 aromatic heterocycles. The molecule has 2 aromatic carbocycles. The standard InChI is InChI=1S/C22H22F3N3O5S/c1-13(2)17(12-31-20(29)26-11-14-6-4-3-5-7-14)32-21(30)28-19-27-16-9-8-15(10-18(16)34-19)33-22(23,24)25/h3-10,13,17H,11-12H2,1-2H3,(H,26,29)(H,27,28,30). The van der Waals surface area contributed by atoms with E-state index in [0.717, 1.165) is 23.0 Å². The molecule has 1 atom stereocenters. The van der Waals surface area contributed by atoms with Gasteiger partial charge in [0.25, 0.3) is 0 Å². The maximum absolute atomic E-state index is 12.4. The minimum absolute atomic E-state index is 0.133. The molecule has 0 aliphatic heterocycles. The van der Waals surface area contributed by atoms with Gasteiger partial charge in [-0.2, -0.15) is 0 Å². The number of benzene rings is 2. The second kappa shape index (κ2) is 11.1. The van der Waals surface area contributed by atoms with E-state index in [4.69, 9.17) is 9.47 Å². The maximum atomic E-state index is 12.4. The Morgan fingerprint density at radius 2 is 1.82 bits per heavy atom. The number of hydrogen-bond acceptors (Lipinski definition) is 7. The lowest BCUT2D eigenvalue weighted by Crippen LogP contribution is -2.34. The van der Waals surface area contributed by atoms with Gasteiger partial charge in [0.2, 0.25) is 0 Å². The lowest BCUT2D eigenvalue weighted by molar-refractivity contribution is -0.274. The molecule has 0 aliphatic rings. The number of ether oxygens (including phenoxy) is 3. The van der Waals surface area contributed by atoms with Crippen molar-refractivity contribution < 1.29 is 37.0 Å². The van der Waals surface area contributed by atoms with Gasteiger partial charge in [-0.15, -0.1) is 13.2 Å². The first-order chi connectivity index (χ1) is 16.1. The van der Waals surface area contributed by atoms with Crippen LogP contribution >= 0.6 is 11.3 Å². The number of rotatable bonds is 8. The zero-order chi connectivity index (χ0) is 24.7. The predicted molar refractivity (Wildman–Crippen MR) is 120 cm³/mol. The third-order valence-corrected chi connectivity index (χ3v) is 5.40. The van der Waals surface area contributed by atoms with Crippen LogP contribution in [0.3, 0.4) is 0 Å². The van der Waals surface area contributed by atoms with Gasteiger partial charge in [0, 0.05) is 12.6 Å². The van der Waals surface area contributed by atoms with E-state index in [9.17, 15) is 22.8 Å². The van der Waals surface area contributed by atoms with Crippen LogP contribution in [0.2, 0.25) is 0 Å². The summed E-state index contributed by atoms with van der Waals surface area (Å²) in [6, 6.07) is 12.9. The molecule has 0 spiro atoms. The van der Waals surface area contributed by atoms with Crippen LogP contribution in [0.1, 0.15) is 19.4 Å². The Bertz CT molecular complexity index is 1120. The molecule has 1 unspecified atom stereocenters. The monoisotopic (exact) mass is 497 g/mol. The molecule has 0 saturated heterocycles. The smallest absolute Gasteiger partial charge is 0.446 e. The van der Waals surface area contributed by atoms with Gasteiger partial charge in [0.1, 0.15) is 18.5 Å². The SMILES string of the molecule is CC(C)C(COC(=O)NCc1ccccc1)OC(=O)Nc1nc2ccc(OC(F)(F)F)cc2s1. The number of nitrogens with one attached hydrogen (secondary N) is 2. The Labute approximate surface area is 197 Å². The Morgan fingerprint density at radius 1 is 1.09 bits per heavy atom. The van der Waals surface area contributed by atoms with E-state index < -0.39 is 24.7 Å². The minimum atomic E-state index is -4.81. The first-order valence-corrected chi connectivity index (χ1v) is 11.0. The summed E-state index contributed by atoms with van der Waals surface area (Å²) >= 11 is 0.958. The van der Waals surface area contributed by atoms with Crippen molar-refractivity contribution in [3.8, 4) is 5.75 Å². The topological polar surface area (TPSA) is 98.8 Å². The van der Waals surface area contributed by atoms with Gasteiger partial charge in [-0.25, -0.2) is 14.6 Å². The summed E-state index contributed by atoms with van der Waals surface area (Å²) in [7, 11) is 0. The lowest BCUT2D eigenvalue weighted by atomic mass is 10.1. The van der Waals surface area contributed by atoms with E-state index in [2.05, 4.69) is 20.4 Å². The van der Waals surface area contributed by atoms with Crippen LogP contribution in [0.25, 0.3) is 10.2 Å². The first kappa shape index (κ1) is 25.1. The fraction of sp³-hybridized carbons (Fsp3) is 0.318.